The van der Waals surface area contributed by atoms with Crippen LogP contribution in [-0.2, 0) is 11.2 Å². The van der Waals surface area contributed by atoms with Crippen molar-refractivity contribution in [3.05, 3.63) is 76.5 Å². The molecule has 1 N–H and O–H groups in total. The third-order valence-electron chi connectivity index (χ3n) is 6.59. The van der Waals surface area contributed by atoms with E-state index in [9.17, 15) is 9.59 Å². The van der Waals surface area contributed by atoms with Crippen molar-refractivity contribution in [1.29, 1.82) is 0 Å². The minimum Gasteiger partial charge on any atom is -0.486 e. The van der Waals surface area contributed by atoms with Crippen molar-refractivity contribution in [1.82, 2.24) is 24.6 Å². The zero-order valence-corrected chi connectivity index (χ0v) is 19.1. The summed E-state index contributed by atoms with van der Waals surface area (Å²) in [6.07, 6.45) is 3.97. The molecule has 0 spiro atoms. The van der Waals surface area contributed by atoms with Gasteiger partial charge in [0, 0.05) is 19.4 Å². The van der Waals surface area contributed by atoms with Gasteiger partial charge in [-0.3, -0.25) is 9.59 Å². The van der Waals surface area contributed by atoms with E-state index in [1.54, 1.807) is 4.68 Å². The lowest BCUT2D eigenvalue weighted by atomic mass is 10.0. The van der Waals surface area contributed by atoms with E-state index >= 15 is 0 Å². The summed E-state index contributed by atoms with van der Waals surface area (Å²) in [6, 6.07) is 15.5. The molecule has 0 radical (unpaired) electrons. The van der Waals surface area contributed by atoms with Crippen molar-refractivity contribution >= 4 is 16.9 Å². The molecule has 6 rings (SSSR count). The number of H-pyrrole nitrogens is 1. The van der Waals surface area contributed by atoms with Crippen LogP contribution in [-0.4, -0.2) is 50.3 Å². The molecule has 1 amide bonds. The van der Waals surface area contributed by atoms with Crippen molar-refractivity contribution in [2.45, 2.75) is 31.7 Å². The van der Waals surface area contributed by atoms with Crippen molar-refractivity contribution in [3.8, 4) is 17.2 Å². The minimum atomic E-state index is -0.255. The first-order chi connectivity index (χ1) is 17.2. The summed E-state index contributed by atoms with van der Waals surface area (Å²) in [4.78, 5) is 35.2. The van der Waals surface area contributed by atoms with Crippen LogP contribution in [0.15, 0.2) is 59.5 Å². The van der Waals surface area contributed by atoms with Gasteiger partial charge in [0.05, 0.1) is 17.9 Å². The van der Waals surface area contributed by atoms with Gasteiger partial charge in [-0.2, -0.15) is 5.10 Å². The Hall–Kier alpha value is -4.14. The summed E-state index contributed by atoms with van der Waals surface area (Å²) in [5.74, 6) is 2.00. The topological polar surface area (TPSA) is 102 Å². The van der Waals surface area contributed by atoms with Crippen molar-refractivity contribution in [2.24, 2.45) is 0 Å². The number of aromatic amines is 1. The highest BCUT2D eigenvalue weighted by atomic mass is 16.6. The average molecular weight is 472 g/mol. The quantitative estimate of drug-likeness (QED) is 0.480. The minimum absolute atomic E-state index is 0.00678. The summed E-state index contributed by atoms with van der Waals surface area (Å²) >= 11 is 0. The highest BCUT2D eigenvalue weighted by Crippen LogP contribution is 2.38. The number of para-hydroxylation sites is 1. The van der Waals surface area contributed by atoms with Gasteiger partial charge < -0.3 is 19.4 Å². The largest absolute Gasteiger partial charge is 0.486 e. The smallest absolute Gasteiger partial charge is 0.262 e. The number of aromatic nitrogens is 4. The Kier molecular flexibility index (Phi) is 5.44. The fraction of sp³-hybridized carbons (Fsp3) is 0.308. The number of carbonyl (C=O) groups is 1. The lowest BCUT2D eigenvalue weighted by molar-refractivity contribution is -0.132. The van der Waals surface area contributed by atoms with E-state index in [1.807, 2.05) is 53.4 Å². The van der Waals surface area contributed by atoms with Crippen LogP contribution in [0.2, 0.25) is 0 Å². The Balaban J connectivity index is 1.20. The predicted molar refractivity (Wildman–Crippen MR) is 129 cm³/mol. The van der Waals surface area contributed by atoms with Gasteiger partial charge in [-0.25, -0.2) is 9.67 Å². The van der Waals surface area contributed by atoms with Crippen molar-refractivity contribution in [2.75, 3.05) is 19.8 Å². The van der Waals surface area contributed by atoms with Crippen LogP contribution in [0.3, 0.4) is 0 Å². The molecule has 9 heteroatoms. The van der Waals surface area contributed by atoms with E-state index in [1.165, 1.54) is 6.20 Å². The number of nitrogens with one attached hydrogen (secondary N) is 1. The SMILES string of the molecule is O=C(CCc1nc2c(cnn2-c2ccccc2)c(=O)[nH]1)N1CCC[C@@H]1c1ccc2c(c1)OCCO2. The normalized spacial score (nSPS) is 17.1. The second-order valence-corrected chi connectivity index (χ2v) is 8.79. The van der Waals surface area contributed by atoms with Gasteiger partial charge in [-0.05, 0) is 42.7 Å². The average Bonchev–Trinajstić information content (AvgIpc) is 3.56. The fourth-order valence-corrected chi connectivity index (χ4v) is 4.89. The second kappa shape index (κ2) is 8.90. The third-order valence-corrected chi connectivity index (χ3v) is 6.59. The summed E-state index contributed by atoms with van der Waals surface area (Å²) in [5.41, 5.74) is 2.11. The van der Waals surface area contributed by atoms with Gasteiger partial charge in [-0.15, -0.1) is 0 Å². The maximum absolute atomic E-state index is 13.2. The molecule has 2 aliphatic heterocycles. The molecule has 178 valence electrons. The molecule has 0 bridgehead atoms. The molecule has 0 unspecified atom stereocenters. The second-order valence-electron chi connectivity index (χ2n) is 8.79. The Morgan fingerprint density at radius 3 is 2.77 bits per heavy atom. The van der Waals surface area contributed by atoms with E-state index < -0.39 is 0 Å². The summed E-state index contributed by atoms with van der Waals surface area (Å²) in [6.45, 7) is 1.79. The molecule has 1 saturated heterocycles. The van der Waals surface area contributed by atoms with Crippen LogP contribution in [0.1, 0.15) is 36.7 Å². The van der Waals surface area contributed by atoms with Crippen molar-refractivity contribution in [3.63, 3.8) is 0 Å². The van der Waals surface area contributed by atoms with Crippen molar-refractivity contribution < 1.29 is 14.3 Å². The number of hydrogen-bond acceptors (Lipinski definition) is 6. The van der Waals surface area contributed by atoms with Crippen LogP contribution < -0.4 is 15.0 Å². The van der Waals surface area contributed by atoms with E-state index in [0.29, 0.717) is 43.0 Å². The number of aryl methyl sites for hydroxylation is 1. The highest BCUT2D eigenvalue weighted by Gasteiger charge is 2.30. The monoisotopic (exact) mass is 471 g/mol. The van der Waals surface area contributed by atoms with Crippen LogP contribution >= 0.6 is 0 Å². The van der Waals surface area contributed by atoms with Gasteiger partial charge >= 0.3 is 0 Å². The van der Waals surface area contributed by atoms with Crippen LogP contribution in [0.5, 0.6) is 11.5 Å². The molecule has 2 aromatic carbocycles. The zero-order valence-electron chi connectivity index (χ0n) is 19.1. The van der Waals surface area contributed by atoms with E-state index in [0.717, 1.165) is 35.6 Å². The first kappa shape index (κ1) is 21.4. The molecule has 9 nitrogen and oxygen atoms in total. The van der Waals surface area contributed by atoms with Gasteiger partial charge in [0.1, 0.15) is 24.4 Å². The summed E-state index contributed by atoms with van der Waals surface area (Å²) in [5, 5.41) is 4.76. The van der Waals surface area contributed by atoms with E-state index in [4.69, 9.17) is 9.47 Å². The maximum Gasteiger partial charge on any atom is 0.262 e. The first-order valence-electron chi connectivity index (χ1n) is 11.9. The molecule has 4 heterocycles. The van der Waals surface area contributed by atoms with Gasteiger partial charge in [0.2, 0.25) is 5.91 Å². The van der Waals surface area contributed by atoms with Crippen LogP contribution in [0.4, 0.5) is 0 Å². The Bertz CT molecular complexity index is 1450. The predicted octanol–water partition coefficient (Wildman–Crippen LogP) is 3.18. The van der Waals surface area contributed by atoms with Crippen LogP contribution in [0.25, 0.3) is 16.7 Å². The number of likely N-dealkylation sites (tertiary alicyclic amines) is 1. The third kappa shape index (κ3) is 4.03. The first-order valence-corrected chi connectivity index (χ1v) is 11.9. The molecule has 35 heavy (non-hydrogen) atoms. The van der Waals surface area contributed by atoms with E-state index in [-0.39, 0.29) is 23.9 Å². The standard InChI is InChI=1S/C26H25N5O4/c32-24(30-12-4-7-20(30)17-8-9-21-22(15-17)35-14-13-34-21)11-10-23-28-25-19(26(33)29-23)16-27-31(25)18-5-2-1-3-6-18/h1-3,5-6,8-9,15-16,20H,4,7,10-14H2,(H,28,29,33)/t20-/m1/s1. The molecular formula is C26H25N5O4. The number of carbonyl (C=O) groups excluding carboxylic acids is 1. The number of rotatable bonds is 5. The Labute approximate surface area is 201 Å². The Morgan fingerprint density at radius 2 is 1.91 bits per heavy atom. The number of fused-ring (bicyclic) bond motifs is 2. The van der Waals surface area contributed by atoms with Gasteiger partial charge in [-0.1, -0.05) is 24.3 Å². The summed E-state index contributed by atoms with van der Waals surface area (Å²) in [7, 11) is 0. The maximum atomic E-state index is 13.2. The van der Waals surface area contributed by atoms with Crippen LogP contribution in [0, 0.1) is 0 Å². The number of amides is 1. The molecule has 0 saturated carbocycles. The van der Waals surface area contributed by atoms with Gasteiger partial charge in [0.15, 0.2) is 17.1 Å². The Morgan fingerprint density at radius 1 is 1.09 bits per heavy atom. The van der Waals surface area contributed by atoms with Gasteiger partial charge in [0.25, 0.3) is 5.56 Å². The molecule has 4 aromatic rings. The molecule has 2 aliphatic rings. The molecule has 2 aromatic heterocycles. The number of ether oxygens (including phenoxy) is 2. The summed E-state index contributed by atoms with van der Waals surface area (Å²) < 4.78 is 13.0. The molecule has 0 aliphatic carbocycles. The molecular weight excluding hydrogens is 446 g/mol. The number of nitrogens with zero attached hydrogens (tertiary/aromatic N) is 4. The fourth-order valence-electron chi connectivity index (χ4n) is 4.89. The number of benzene rings is 2. The lowest BCUT2D eigenvalue weighted by Crippen LogP contribution is -2.31. The highest BCUT2D eigenvalue weighted by molar-refractivity contribution is 5.78. The van der Waals surface area contributed by atoms with E-state index in [2.05, 4.69) is 15.1 Å². The molecule has 1 fully saturated rings. The number of hydrogen-bond donors (Lipinski definition) is 1. The zero-order chi connectivity index (χ0) is 23.8. The molecule has 1 atom stereocenters. The lowest BCUT2D eigenvalue weighted by Gasteiger charge is -2.26.